The Balaban J connectivity index is 2.47. The molecule has 0 unspecified atom stereocenters. The van der Waals surface area contributed by atoms with Crippen molar-refractivity contribution in [1.82, 2.24) is 5.32 Å². The minimum Gasteiger partial charge on any atom is -0.462 e. The zero-order chi connectivity index (χ0) is 18.2. The quantitative estimate of drug-likeness (QED) is 0.593. The second-order valence-corrected chi connectivity index (χ2v) is 6.55. The topological polar surface area (TPSA) is 84.5 Å². The van der Waals surface area contributed by atoms with E-state index < -0.39 is 5.41 Å². The maximum Gasteiger partial charge on any atom is 0.338 e. The first-order valence-electron chi connectivity index (χ1n) is 8.09. The van der Waals surface area contributed by atoms with Crippen LogP contribution in [0.1, 0.15) is 50.9 Å². The first-order valence-corrected chi connectivity index (χ1v) is 8.09. The van der Waals surface area contributed by atoms with Crippen LogP contribution in [0.5, 0.6) is 0 Å². The van der Waals surface area contributed by atoms with Crippen LogP contribution in [0.2, 0.25) is 0 Å². The number of carbonyl (C=O) groups is 3. The Kier molecular flexibility index (Phi) is 7.42. The van der Waals surface area contributed by atoms with Gasteiger partial charge < -0.3 is 15.4 Å². The summed E-state index contributed by atoms with van der Waals surface area (Å²) >= 11 is 0. The minimum atomic E-state index is -0.542. The van der Waals surface area contributed by atoms with Crippen LogP contribution in [-0.2, 0) is 14.3 Å². The van der Waals surface area contributed by atoms with E-state index in [2.05, 4.69) is 10.6 Å². The van der Waals surface area contributed by atoms with E-state index in [0.717, 1.165) is 12.8 Å². The molecule has 0 bridgehead atoms. The molecule has 0 aliphatic rings. The smallest absolute Gasteiger partial charge is 0.338 e. The number of nitrogens with one attached hydrogen (secondary N) is 2. The Hall–Kier alpha value is -2.37. The molecule has 0 aliphatic heterocycles. The summed E-state index contributed by atoms with van der Waals surface area (Å²) in [6.45, 7) is 7.66. The lowest BCUT2D eigenvalue weighted by Gasteiger charge is -2.17. The summed E-state index contributed by atoms with van der Waals surface area (Å²) in [6.07, 6.45) is 1.80. The Morgan fingerprint density at radius 1 is 1.08 bits per heavy atom. The highest BCUT2D eigenvalue weighted by Crippen LogP contribution is 2.13. The van der Waals surface area contributed by atoms with Gasteiger partial charge in [-0.25, -0.2) is 4.79 Å². The van der Waals surface area contributed by atoms with E-state index in [4.69, 9.17) is 4.74 Å². The zero-order valence-corrected chi connectivity index (χ0v) is 14.8. The molecule has 1 aromatic rings. The van der Waals surface area contributed by atoms with E-state index in [0.29, 0.717) is 17.9 Å². The lowest BCUT2D eigenvalue weighted by molar-refractivity contribution is -0.130. The van der Waals surface area contributed by atoms with Crippen LogP contribution in [0.3, 0.4) is 0 Å². The molecule has 0 aliphatic carbocycles. The molecule has 0 atom stereocenters. The van der Waals surface area contributed by atoms with Crippen molar-refractivity contribution in [2.24, 2.45) is 5.41 Å². The lowest BCUT2D eigenvalue weighted by Crippen LogP contribution is -2.39. The molecule has 0 saturated carbocycles. The summed E-state index contributed by atoms with van der Waals surface area (Å²) in [5.74, 6) is -0.896. The van der Waals surface area contributed by atoms with Gasteiger partial charge in [-0.3, -0.25) is 9.59 Å². The largest absolute Gasteiger partial charge is 0.462 e. The first kappa shape index (κ1) is 19.7. The van der Waals surface area contributed by atoms with E-state index in [-0.39, 0.29) is 24.3 Å². The van der Waals surface area contributed by atoms with Crippen LogP contribution in [0, 0.1) is 5.41 Å². The van der Waals surface area contributed by atoms with Crippen LogP contribution in [-0.4, -0.2) is 30.9 Å². The molecule has 24 heavy (non-hydrogen) atoms. The van der Waals surface area contributed by atoms with Crippen LogP contribution in [0.25, 0.3) is 0 Å². The third-order valence-electron chi connectivity index (χ3n) is 3.23. The van der Waals surface area contributed by atoms with Gasteiger partial charge in [0, 0.05) is 11.1 Å². The van der Waals surface area contributed by atoms with Crippen LogP contribution in [0.15, 0.2) is 24.3 Å². The predicted molar refractivity (Wildman–Crippen MR) is 92.7 cm³/mol. The van der Waals surface area contributed by atoms with Gasteiger partial charge in [0.05, 0.1) is 18.7 Å². The Morgan fingerprint density at radius 2 is 1.71 bits per heavy atom. The SMILES string of the molecule is CCCCOC(=O)c1ccc(NC(=O)CNC(=O)C(C)(C)C)cc1. The number of unbranched alkanes of at least 4 members (excludes halogenated alkanes) is 1. The average Bonchev–Trinajstić information content (AvgIpc) is 2.52. The van der Waals surface area contributed by atoms with Crippen molar-refractivity contribution in [3.05, 3.63) is 29.8 Å². The Labute approximate surface area is 143 Å². The van der Waals surface area contributed by atoms with Crippen molar-refractivity contribution in [3.63, 3.8) is 0 Å². The predicted octanol–water partition coefficient (Wildman–Crippen LogP) is 2.74. The van der Waals surface area contributed by atoms with E-state index in [9.17, 15) is 14.4 Å². The Bertz CT molecular complexity index is 574. The summed E-state index contributed by atoms with van der Waals surface area (Å²) < 4.78 is 5.11. The molecule has 2 amide bonds. The fourth-order valence-corrected chi connectivity index (χ4v) is 1.71. The van der Waals surface area contributed by atoms with E-state index >= 15 is 0 Å². The number of hydrogen-bond donors (Lipinski definition) is 2. The molecule has 0 saturated heterocycles. The zero-order valence-electron chi connectivity index (χ0n) is 14.8. The van der Waals surface area contributed by atoms with E-state index in [1.54, 1.807) is 45.0 Å². The molecule has 0 spiro atoms. The van der Waals surface area contributed by atoms with Crippen molar-refractivity contribution in [3.8, 4) is 0 Å². The number of ether oxygens (including phenoxy) is 1. The van der Waals surface area contributed by atoms with Gasteiger partial charge in [-0.15, -0.1) is 0 Å². The van der Waals surface area contributed by atoms with Crippen LogP contribution >= 0.6 is 0 Å². The molecule has 0 aromatic heterocycles. The van der Waals surface area contributed by atoms with Gasteiger partial charge in [0.15, 0.2) is 0 Å². The maximum atomic E-state index is 11.8. The summed E-state index contributed by atoms with van der Waals surface area (Å²) in [7, 11) is 0. The molecule has 1 rings (SSSR count). The highest BCUT2D eigenvalue weighted by Gasteiger charge is 2.21. The molecule has 0 fully saturated rings. The summed E-state index contributed by atoms with van der Waals surface area (Å²) in [5, 5.41) is 5.24. The van der Waals surface area contributed by atoms with Gasteiger partial charge in [0.2, 0.25) is 11.8 Å². The number of benzene rings is 1. The van der Waals surface area contributed by atoms with Crippen molar-refractivity contribution in [2.75, 3.05) is 18.5 Å². The van der Waals surface area contributed by atoms with E-state index in [1.165, 1.54) is 0 Å². The van der Waals surface area contributed by atoms with Gasteiger partial charge in [-0.1, -0.05) is 34.1 Å². The third kappa shape index (κ3) is 6.81. The maximum absolute atomic E-state index is 11.8. The summed E-state index contributed by atoms with van der Waals surface area (Å²) in [4.78, 5) is 35.3. The second kappa shape index (κ2) is 9.05. The van der Waals surface area contributed by atoms with Crippen molar-refractivity contribution in [1.29, 1.82) is 0 Å². The lowest BCUT2D eigenvalue weighted by atomic mass is 9.96. The highest BCUT2D eigenvalue weighted by molar-refractivity contribution is 5.96. The van der Waals surface area contributed by atoms with Crippen molar-refractivity contribution in [2.45, 2.75) is 40.5 Å². The van der Waals surface area contributed by atoms with Crippen molar-refractivity contribution < 1.29 is 19.1 Å². The molecular formula is C18H26N2O4. The number of anilines is 1. The second-order valence-electron chi connectivity index (χ2n) is 6.55. The molecule has 0 radical (unpaired) electrons. The van der Waals surface area contributed by atoms with Crippen LogP contribution < -0.4 is 10.6 Å². The molecule has 1 aromatic carbocycles. The number of esters is 1. The minimum absolute atomic E-state index is 0.100. The number of carbonyl (C=O) groups excluding carboxylic acids is 3. The molecule has 6 nitrogen and oxygen atoms in total. The van der Waals surface area contributed by atoms with Gasteiger partial charge >= 0.3 is 5.97 Å². The van der Waals surface area contributed by atoms with Crippen LogP contribution in [0.4, 0.5) is 5.69 Å². The number of rotatable bonds is 7. The van der Waals surface area contributed by atoms with Gasteiger partial charge in [-0.2, -0.15) is 0 Å². The van der Waals surface area contributed by atoms with E-state index in [1.807, 2.05) is 6.92 Å². The average molecular weight is 334 g/mol. The number of hydrogen-bond acceptors (Lipinski definition) is 4. The number of amides is 2. The first-order chi connectivity index (χ1) is 11.2. The van der Waals surface area contributed by atoms with Crippen molar-refractivity contribution >= 4 is 23.5 Å². The normalized spacial score (nSPS) is 10.8. The van der Waals surface area contributed by atoms with Gasteiger partial charge in [-0.05, 0) is 30.7 Å². The fourth-order valence-electron chi connectivity index (χ4n) is 1.71. The summed E-state index contributed by atoms with van der Waals surface area (Å²) in [6, 6.07) is 6.44. The monoisotopic (exact) mass is 334 g/mol. The third-order valence-corrected chi connectivity index (χ3v) is 3.23. The summed E-state index contributed by atoms with van der Waals surface area (Å²) in [5.41, 5.74) is 0.445. The van der Waals surface area contributed by atoms with Gasteiger partial charge in [0.25, 0.3) is 0 Å². The molecule has 2 N–H and O–H groups in total. The Morgan fingerprint density at radius 3 is 2.25 bits per heavy atom. The van der Waals surface area contributed by atoms with Gasteiger partial charge in [0.1, 0.15) is 0 Å². The highest BCUT2D eigenvalue weighted by atomic mass is 16.5. The molecule has 132 valence electrons. The molecule has 0 heterocycles. The standard InChI is InChI=1S/C18H26N2O4/c1-5-6-11-24-16(22)13-7-9-14(10-8-13)20-15(21)12-19-17(23)18(2,3)4/h7-10H,5-6,11-12H2,1-4H3,(H,19,23)(H,20,21). The molecular weight excluding hydrogens is 308 g/mol. The fraction of sp³-hybridized carbons (Fsp3) is 0.500. The molecule has 6 heteroatoms.